The van der Waals surface area contributed by atoms with E-state index >= 15 is 0 Å². The van der Waals surface area contributed by atoms with E-state index in [1.54, 1.807) is 29.0 Å². The van der Waals surface area contributed by atoms with Crippen LogP contribution in [-0.4, -0.2) is 61.5 Å². The molecule has 0 unspecified atom stereocenters. The van der Waals surface area contributed by atoms with Crippen LogP contribution in [0.3, 0.4) is 0 Å². The van der Waals surface area contributed by atoms with E-state index in [2.05, 4.69) is 33.0 Å². The van der Waals surface area contributed by atoms with Gasteiger partial charge in [0.05, 0.1) is 11.2 Å². The van der Waals surface area contributed by atoms with E-state index < -0.39 is 5.60 Å². The van der Waals surface area contributed by atoms with Gasteiger partial charge in [0.25, 0.3) is 0 Å². The van der Waals surface area contributed by atoms with Crippen LogP contribution in [0.25, 0.3) is 22.2 Å². The fourth-order valence-electron chi connectivity index (χ4n) is 4.21. The molecule has 0 spiro atoms. The second-order valence-corrected chi connectivity index (χ2v) is 9.53. The maximum atomic E-state index is 12.7. The summed E-state index contributed by atoms with van der Waals surface area (Å²) in [6.07, 6.45) is 1.27. The number of aryl methyl sites for hydroxylation is 1. The van der Waals surface area contributed by atoms with Crippen LogP contribution in [0, 0.1) is 11.3 Å². The number of anilines is 1. The van der Waals surface area contributed by atoms with Crippen LogP contribution >= 0.6 is 0 Å². The van der Waals surface area contributed by atoms with Crippen molar-refractivity contribution in [3.05, 3.63) is 36.3 Å². The summed E-state index contributed by atoms with van der Waals surface area (Å²) in [5, 5.41) is 14.7. The minimum atomic E-state index is -0.534. The van der Waals surface area contributed by atoms with Gasteiger partial charge in [-0.2, -0.15) is 10.4 Å². The second-order valence-electron chi connectivity index (χ2n) is 9.53. The van der Waals surface area contributed by atoms with Gasteiger partial charge in [0.1, 0.15) is 29.5 Å². The number of para-hydroxylation sites is 1. The fraction of sp³-hybridized carbons (Fsp3) is 0.458. The maximum absolute atomic E-state index is 12.7. The molecule has 1 aliphatic heterocycles. The minimum absolute atomic E-state index is 0.0375. The highest BCUT2D eigenvalue weighted by atomic mass is 16.6. The molecule has 0 N–H and O–H groups in total. The van der Waals surface area contributed by atoms with Crippen molar-refractivity contribution >= 4 is 22.8 Å². The number of hydrogen-bond acceptors (Lipinski definition) is 7. The topological polar surface area (TPSA) is 100 Å². The van der Waals surface area contributed by atoms with Gasteiger partial charge < -0.3 is 14.5 Å². The highest BCUT2D eigenvalue weighted by Gasteiger charge is 2.35. The van der Waals surface area contributed by atoms with Gasteiger partial charge in [-0.15, -0.1) is 0 Å². The van der Waals surface area contributed by atoms with Gasteiger partial charge in [-0.25, -0.2) is 14.8 Å². The smallest absolute Gasteiger partial charge is 0.410 e. The molecule has 33 heavy (non-hydrogen) atoms. The summed E-state index contributed by atoms with van der Waals surface area (Å²) in [4.78, 5) is 25.9. The Kier molecular flexibility index (Phi) is 5.70. The number of nitrogens with zero attached hydrogens (tertiary/aromatic N) is 7. The summed E-state index contributed by atoms with van der Waals surface area (Å²) in [6.45, 7) is 10.9. The van der Waals surface area contributed by atoms with Crippen molar-refractivity contribution in [2.24, 2.45) is 7.05 Å². The zero-order valence-electron chi connectivity index (χ0n) is 19.9. The second kappa shape index (κ2) is 8.35. The molecular formula is C24H29N7O2. The van der Waals surface area contributed by atoms with E-state index in [9.17, 15) is 10.1 Å². The van der Waals surface area contributed by atoms with Crippen LogP contribution < -0.4 is 4.90 Å². The summed E-state index contributed by atoms with van der Waals surface area (Å²) in [6, 6.07) is 9.82. The van der Waals surface area contributed by atoms with Gasteiger partial charge in [-0.3, -0.25) is 4.68 Å². The number of piperazine rings is 1. The van der Waals surface area contributed by atoms with Crippen LogP contribution in [0.15, 0.2) is 30.6 Å². The third-order valence-electron chi connectivity index (χ3n) is 5.80. The van der Waals surface area contributed by atoms with Crippen molar-refractivity contribution in [1.82, 2.24) is 24.6 Å². The molecule has 4 rings (SSSR count). The van der Waals surface area contributed by atoms with Gasteiger partial charge >= 0.3 is 6.09 Å². The Labute approximate surface area is 193 Å². The summed E-state index contributed by atoms with van der Waals surface area (Å²) in [5.74, 6) is 0.821. The number of hydrogen-bond donors (Lipinski definition) is 0. The first-order valence-electron chi connectivity index (χ1n) is 11.0. The zero-order chi connectivity index (χ0) is 23.9. The predicted octanol–water partition coefficient (Wildman–Crippen LogP) is 3.74. The van der Waals surface area contributed by atoms with E-state index in [-0.39, 0.29) is 18.2 Å². The normalized spacial score (nSPS) is 18.9. The predicted molar refractivity (Wildman–Crippen MR) is 126 cm³/mol. The van der Waals surface area contributed by atoms with E-state index in [1.807, 2.05) is 45.9 Å². The van der Waals surface area contributed by atoms with Gasteiger partial charge in [0.2, 0.25) is 0 Å². The SMILES string of the molecule is C[C@@H]1CN(c2ncnc3c(-c4cc(C#N)n(C)n4)cccc23)[C@@H](C)CN1C(=O)OC(C)(C)C. The number of nitriles is 1. The molecule has 1 amide bonds. The molecule has 9 nitrogen and oxygen atoms in total. The molecule has 9 heteroatoms. The number of fused-ring (bicyclic) bond motifs is 1. The summed E-state index contributed by atoms with van der Waals surface area (Å²) >= 11 is 0. The lowest BCUT2D eigenvalue weighted by Crippen LogP contribution is -2.59. The molecule has 2 atom stereocenters. The molecule has 3 heterocycles. The van der Waals surface area contributed by atoms with Crippen LogP contribution in [0.4, 0.5) is 10.6 Å². The highest BCUT2D eigenvalue weighted by molar-refractivity contribution is 5.98. The largest absolute Gasteiger partial charge is 0.444 e. The molecule has 2 aromatic heterocycles. The Morgan fingerprint density at radius 1 is 1.18 bits per heavy atom. The highest BCUT2D eigenvalue weighted by Crippen LogP contribution is 2.33. The van der Waals surface area contributed by atoms with Gasteiger partial charge in [0, 0.05) is 49.2 Å². The minimum Gasteiger partial charge on any atom is -0.444 e. The van der Waals surface area contributed by atoms with E-state index in [0.717, 1.165) is 22.3 Å². The standard InChI is InChI=1S/C24H29N7O2/c1-15-13-31(23(32)33-24(3,4)5)16(2)12-30(15)22-19-9-7-8-18(21(19)26-14-27-22)20-10-17(11-25)29(6)28-20/h7-10,14-16H,12-13H2,1-6H3/t15-,16+/m0/s1. The number of rotatable bonds is 2. The van der Waals surface area contributed by atoms with Gasteiger partial charge in [-0.1, -0.05) is 12.1 Å². The first kappa shape index (κ1) is 22.5. The number of carbonyl (C=O) groups is 1. The molecule has 1 aromatic carbocycles. The molecule has 0 aliphatic carbocycles. The first-order valence-corrected chi connectivity index (χ1v) is 11.0. The summed E-state index contributed by atoms with van der Waals surface area (Å²) in [7, 11) is 1.75. The number of ether oxygens (including phenoxy) is 1. The molecule has 1 saturated heterocycles. The lowest BCUT2D eigenvalue weighted by molar-refractivity contribution is 0.0130. The van der Waals surface area contributed by atoms with Crippen LogP contribution in [-0.2, 0) is 11.8 Å². The Balaban J connectivity index is 1.68. The van der Waals surface area contributed by atoms with E-state index in [1.165, 1.54) is 0 Å². The fourth-order valence-corrected chi connectivity index (χ4v) is 4.21. The van der Waals surface area contributed by atoms with Crippen LogP contribution in [0.2, 0.25) is 0 Å². The molecule has 0 bridgehead atoms. The Morgan fingerprint density at radius 2 is 1.94 bits per heavy atom. The van der Waals surface area contributed by atoms with Crippen molar-refractivity contribution in [2.45, 2.75) is 52.3 Å². The molecule has 3 aromatic rings. The lowest BCUT2D eigenvalue weighted by Gasteiger charge is -2.44. The van der Waals surface area contributed by atoms with Crippen molar-refractivity contribution in [2.75, 3.05) is 18.0 Å². The number of carbonyl (C=O) groups excluding carboxylic acids is 1. The van der Waals surface area contributed by atoms with Crippen LogP contribution in [0.1, 0.15) is 40.3 Å². The molecule has 0 radical (unpaired) electrons. The molecule has 0 saturated carbocycles. The Bertz CT molecular complexity index is 1240. The van der Waals surface area contributed by atoms with Crippen molar-refractivity contribution in [1.29, 1.82) is 5.26 Å². The zero-order valence-corrected chi connectivity index (χ0v) is 19.9. The van der Waals surface area contributed by atoms with E-state index in [0.29, 0.717) is 24.5 Å². The first-order chi connectivity index (χ1) is 15.6. The van der Waals surface area contributed by atoms with Crippen molar-refractivity contribution in [3.8, 4) is 17.3 Å². The number of aromatic nitrogens is 4. The number of benzene rings is 1. The van der Waals surface area contributed by atoms with Crippen LogP contribution in [0.5, 0.6) is 0 Å². The van der Waals surface area contributed by atoms with Gasteiger partial charge in [-0.05, 0) is 40.7 Å². The molecule has 1 fully saturated rings. The van der Waals surface area contributed by atoms with E-state index in [4.69, 9.17) is 4.74 Å². The lowest BCUT2D eigenvalue weighted by atomic mass is 10.0. The third-order valence-corrected chi connectivity index (χ3v) is 5.80. The average Bonchev–Trinajstić information content (AvgIpc) is 3.13. The summed E-state index contributed by atoms with van der Waals surface area (Å²) in [5.41, 5.74) is 2.27. The monoisotopic (exact) mass is 447 g/mol. The maximum Gasteiger partial charge on any atom is 0.410 e. The van der Waals surface area contributed by atoms with Crippen molar-refractivity contribution in [3.63, 3.8) is 0 Å². The Morgan fingerprint density at radius 3 is 2.61 bits per heavy atom. The third kappa shape index (κ3) is 4.33. The molecule has 172 valence electrons. The Hall–Kier alpha value is -3.67. The molecule has 1 aliphatic rings. The summed E-state index contributed by atoms with van der Waals surface area (Å²) < 4.78 is 7.17. The van der Waals surface area contributed by atoms with Gasteiger partial charge in [0.15, 0.2) is 0 Å². The average molecular weight is 448 g/mol. The molecular weight excluding hydrogens is 418 g/mol. The van der Waals surface area contributed by atoms with Crippen molar-refractivity contribution < 1.29 is 9.53 Å². The quantitative estimate of drug-likeness (QED) is 0.590. The number of amides is 1.